The predicted molar refractivity (Wildman–Crippen MR) is 117 cm³/mol. The fourth-order valence-corrected chi connectivity index (χ4v) is 3.31. The van der Waals surface area contributed by atoms with Crippen LogP contribution in [0.2, 0.25) is 0 Å². The molecule has 0 spiro atoms. The lowest BCUT2D eigenvalue weighted by Gasteiger charge is -2.27. The molecule has 3 aromatic rings. The van der Waals surface area contributed by atoms with Crippen LogP contribution in [0.3, 0.4) is 0 Å². The minimum Gasteiger partial charge on any atom is -0.497 e. The van der Waals surface area contributed by atoms with Crippen LogP contribution in [0.25, 0.3) is 0 Å². The standard InChI is InChI=1S/C25H28N2O2/c1-19(27(2)18-20-11-10-16-23(17-20)29-3)25(28)26-24(21-12-6-4-7-13-21)22-14-8-5-9-15-22/h4-17,19,24H,18H2,1-3H3,(H,26,28). The van der Waals surface area contributed by atoms with Crippen molar-refractivity contribution in [1.82, 2.24) is 10.2 Å². The fraction of sp³-hybridized carbons (Fsp3) is 0.240. The van der Waals surface area contributed by atoms with Crippen LogP contribution in [0.5, 0.6) is 5.75 Å². The third kappa shape index (κ3) is 5.46. The van der Waals surface area contributed by atoms with Crippen molar-refractivity contribution >= 4 is 5.91 Å². The van der Waals surface area contributed by atoms with Gasteiger partial charge in [-0.15, -0.1) is 0 Å². The van der Waals surface area contributed by atoms with Crippen LogP contribution in [0.1, 0.15) is 29.7 Å². The second kappa shape index (κ2) is 9.89. The first-order valence-electron chi connectivity index (χ1n) is 9.82. The molecule has 1 N–H and O–H groups in total. The molecule has 3 aromatic carbocycles. The van der Waals surface area contributed by atoms with E-state index in [4.69, 9.17) is 4.74 Å². The number of methoxy groups -OCH3 is 1. The fourth-order valence-electron chi connectivity index (χ4n) is 3.31. The molecule has 1 unspecified atom stereocenters. The van der Waals surface area contributed by atoms with Gasteiger partial charge in [0.1, 0.15) is 5.75 Å². The van der Waals surface area contributed by atoms with Gasteiger partial charge in [0.25, 0.3) is 0 Å². The van der Waals surface area contributed by atoms with Crippen LogP contribution < -0.4 is 10.1 Å². The number of hydrogen-bond donors (Lipinski definition) is 1. The Hall–Kier alpha value is -3.11. The summed E-state index contributed by atoms with van der Waals surface area (Å²) >= 11 is 0. The van der Waals surface area contributed by atoms with Crippen LogP contribution in [-0.4, -0.2) is 31.0 Å². The Labute approximate surface area is 173 Å². The van der Waals surface area contributed by atoms with Gasteiger partial charge in [-0.2, -0.15) is 0 Å². The molecule has 4 heteroatoms. The van der Waals surface area contributed by atoms with E-state index in [2.05, 4.69) is 5.32 Å². The van der Waals surface area contributed by atoms with Gasteiger partial charge < -0.3 is 10.1 Å². The summed E-state index contributed by atoms with van der Waals surface area (Å²) in [5.74, 6) is 0.814. The van der Waals surface area contributed by atoms with Crippen molar-refractivity contribution in [2.24, 2.45) is 0 Å². The number of benzene rings is 3. The van der Waals surface area contributed by atoms with E-state index in [0.29, 0.717) is 6.54 Å². The Kier molecular flexibility index (Phi) is 7.04. The van der Waals surface area contributed by atoms with Crippen molar-refractivity contribution in [3.63, 3.8) is 0 Å². The number of rotatable bonds is 8. The number of nitrogens with one attached hydrogen (secondary N) is 1. The summed E-state index contributed by atoms with van der Waals surface area (Å²) in [6.45, 7) is 2.59. The zero-order chi connectivity index (χ0) is 20.6. The molecule has 0 aromatic heterocycles. The average molecular weight is 389 g/mol. The first kappa shape index (κ1) is 20.6. The number of hydrogen-bond acceptors (Lipinski definition) is 3. The summed E-state index contributed by atoms with van der Waals surface area (Å²) < 4.78 is 5.30. The van der Waals surface area contributed by atoms with Crippen molar-refractivity contribution in [2.45, 2.75) is 25.6 Å². The molecule has 0 saturated carbocycles. The molecule has 3 rings (SSSR count). The Morgan fingerprint density at radius 3 is 2.07 bits per heavy atom. The average Bonchev–Trinajstić information content (AvgIpc) is 2.78. The van der Waals surface area contributed by atoms with Gasteiger partial charge >= 0.3 is 0 Å². The van der Waals surface area contributed by atoms with Crippen molar-refractivity contribution in [3.8, 4) is 5.75 Å². The van der Waals surface area contributed by atoms with Crippen molar-refractivity contribution in [1.29, 1.82) is 0 Å². The molecule has 0 aliphatic rings. The summed E-state index contributed by atoms with van der Waals surface area (Å²) in [6, 6.07) is 27.6. The molecule has 0 fully saturated rings. The topological polar surface area (TPSA) is 41.6 Å². The maximum absolute atomic E-state index is 13.1. The van der Waals surface area contributed by atoms with Gasteiger partial charge in [0, 0.05) is 6.54 Å². The molecule has 0 heterocycles. The Morgan fingerprint density at radius 2 is 1.52 bits per heavy atom. The van der Waals surface area contributed by atoms with E-state index in [-0.39, 0.29) is 18.0 Å². The lowest BCUT2D eigenvalue weighted by molar-refractivity contribution is -0.126. The van der Waals surface area contributed by atoms with Gasteiger partial charge in [-0.1, -0.05) is 72.8 Å². The predicted octanol–water partition coefficient (Wildman–Crippen LogP) is 4.42. The molecule has 0 bridgehead atoms. The van der Waals surface area contributed by atoms with Gasteiger partial charge in [0.15, 0.2) is 0 Å². The highest BCUT2D eigenvalue weighted by molar-refractivity contribution is 5.82. The summed E-state index contributed by atoms with van der Waals surface area (Å²) in [6.07, 6.45) is 0. The number of likely N-dealkylation sites (N-methyl/N-ethyl adjacent to an activating group) is 1. The van der Waals surface area contributed by atoms with Crippen LogP contribution in [0.15, 0.2) is 84.9 Å². The first-order valence-corrected chi connectivity index (χ1v) is 9.82. The van der Waals surface area contributed by atoms with Gasteiger partial charge in [-0.05, 0) is 42.8 Å². The van der Waals surface area contributed by atoms with Crippen molar-refractivity contribution in [3.05, 3.63) is 102 Å². The molecular weight excluding hydrogens is 360 g/mol. The van der Waals surface area contributed by atoms with Gasteiger partial charge in [-0.25, -0.2) is 0 Å². The maximum Gasteiger partial charge on any atom is 0.237 e. The largest absolute Gasteiger partial charge is 0.497 e. The monoisotopic (exact) mass is 388 g/mol. The van der Waals surface area contributed by atoms with E-state index in [0.717, 1.165) is 22.4 Å². The van der Waals surface area contributed by atoms with E-state index in [9.17, 15) is 4.79 Å². The quantitative estimate of drug-likeness (QED) is 0.621. The molecule has 0 aliphatic heterocycles. The Balaban J connectivity index is 1.73. The molecular formula is C25H28N2O2. The number of carbonyl (C=O) groups excluding carboxylic acids is 1. The summed E-state index contributed by atoms with van der Waals surface area (Å²) in [5, 5.41) is 3.23. The highest BCUT2D eigenvalue weighted by atomic mass is 16.5. The van der Waals surface area contributed by atoms with Gasteiger partial charge in [0.2, 0.25) is 5.91 Å². The summed E-state index contributed by atoms with van der Waals surface area (Å²) in [5.41, 5.74) is 3.23. The maximum atomic E-state index is 13.1. The summed E-state index contributed by atoms with van der Waals surface area (Å²) in [4.78, 5) is 15.1. The Morgan fingerprint density at radius 1 is 0.931 bits per heavy atom. The van der Waals surface area contributed by atoms with E-state index in [1.165, 1.54) is 0 Å². The van der Waals surface area contributed by atoms with Crippen LogP contribution in [-0.2, 0) is 11.3 Å². The molecule has 4 nitrogen and oxygen atoms in total. The SMILES string of the molecule is COc1cccc(CN(C)C(C)C(=O)NC(c2ccccc2)c2ccccc2)c1. The molecule has 0 saturated heterocycles. The van der Waals surface area contributed by atoms with Crippen molar-refractivity contribution < 1.29 is 9.53 Å². The van der Waals surface area contributed by atoms with Gasteiger partial charge in [0.05, 0.1) is 19.2 Å². The Bertz CT molecular complexity index is 873. The molecule has 0 aliphatic carbocycles. The van der Waals surface area contributed by atoms with Crippen molar-refractivity contribution in [2.75, 3.05) is 14.2 Å². The number of ether oxygens (including phenoxy) is 1. The third-order valence-electron chi connectivity index (χ3n) is 5.16. The molecule has 1 amide bonds. The zero-order valence-electron chi connectivity index (χ0n) is 17.2. The number of nitrogens with zero attached hydrogens (tertiary/aromatic N) is 1. The zero-order valence-corrected chi connectivity index (χ0v) is 17.2. The highest BCUT2D eigenvalue weighted by Gasteiger charge is 2.23. The minimum atomic E-state index is -0.281. The first-order chi connectivity index (χ1) is 14.1. The van der Waals surface area contributed by atoms with E-state index < -0.39 is 0 Å². The van der Waals surface area contributed by atoms with E-state index >= 15 is 0 Å². The summed E-state index contributed by atoms with van der Waals surface area (Å²) in [7, 11) is 3.62. The van der Waals surface area contributed by atoms with Crippen LogP contribution in [0, 0.1) is 0 Å². The molecule has 150 valence electrons. The molecule has 29 heavy (non-hydrogen) atoms. The lowest BCUT2D eigenvalue weighted by Crippen LogP contribution is -2.44. The third-order valence-corrected chi connectivity index (χ3v) is 5.16. The normalized spacial score (nSPS) is 12.0. The van der Waals surface area contributed by atoms with Crippen LogP contribution >= 0.6 is 0 Å². The second-order valence-electron chi connectivity index (χ2n) is 7.21. The van der Waals surface area contributed by atoms with Crippen LogP contribution in [0.4, 0.5) is 0 Å². The minimum absolute atomic E-state index is 0.00639. The lowest BCUT2D eigenvalue weighted by atomic mass is 9.98. The number of amides is 1. The van der Waals surface area contributed by atoms with Gasteiger partial charge in [-0.3, -0.25) is 9.69 Å². The van der Waals surface area contributed by atoms with E-state index in [1.54, 1.807) is 7.11 Å². The smallest absolute Gasteiger partial charge is 0.237 e. The molecule has 0 radical (unpaired) electrons. The second-order valence-corrected chi connectivity index (χ2v) is 7.21. The molecule has 1 atom stereocenters. The highest BCUT2D eigenvalue weighted by Crippen LogP contribution is 2.22. The van der Waals surface area contributed by atoms with E-state index in [1.807, 2.05) is 104 Å². The number of carbonyl (C=O) groups is 1.